The molecule has 1 aliphatic carbocycles. The maximum Gasteiger partial charge on any atom is 0.368 e. The van der Waals surface area contributed by atoms with Crippen molar-refractivity contribution in [3.8, 4) is 22.3 Å². The molecule has 0 radical (unpaired) electrons. The molecule has 4 aromatic rings. The van der Waals surface area contributed by atoms with Gasteiger partial charge in [0.25, 0.3) is 0 Å². The van der Waals surface area contributed by atoms with Gasteiger partial charge in [-0.2, -0.15) is 17.6 Å². The monoisotopic (exact) mass is 692 g/mol. The van der Waals surface area contributed by atoms with Crippen LogP contribution in [-0.2, 0) is 5.92 Å². The van der Waals surface area contributed by atoms with Crippen LogP contribution in [0.5, 0.6) is 0 Å². The van der Waals surface area contributed by atoms with Gasteiger partial charge in [0.2, 0.25) is 17.5 Å². The first kappa shape index (κ1) is 32.9. The normalized spacial score (nSPS) is 15.7. The molecule has 0 spiro atoms. The standard InChI is InChI=1S/C26F20/c27-9-3-1(6-11(29)18(36)22(40)19(37)12(6)30)5-8(25(43,44)26(45,46)24(42)15(5)33)2(4(3)10(28)17(35)16(9)34)7-13(31)20(38)23(41)21(39)14(7)32. The van der Waals surface area contributed by atoms with E-state index in [-0.39, 0.29) is 0 Å². The van der Waals surface area contributed by atoms with Gasteiger partial charge >= 0.3 is 11.8 Å². The predicted octanol–water partition coefficient (Wildman–Crippen LogP) is 10.5. The zero-order valence-corrected chi connectivity index (χ0v) is 20.6. The van der Waals surface area contributed by atoms with Gasteiger partial charge in [0.15, 0.2) is 75.6 Å². The molecule has 1 aliphatic rings. The van der Waals surface area contributed by atoms with E-state index in [1.54, 1.807) is 0 Å². The van der Waals surface area contributed by atoms with Crippen molar-refractivity contribution in [2.45, 2.75) is 11.8 Å². The molecule has 0 N–H and O–H groups in total. The van der Waals surface area contributed by atoms with Crippen LogP contribution >= 0.6 is 0 Å². The lowest BCUT2D eigenvalue weighted by molar-refractivity contribution is -0.204. The molecule has 0 nitrogen and oxygen atoms in total. The number of hydrogen-bond acceptors (Lipinski definition) is 0. The summed E-state index contributed by atoms with van der Waals surface area (Å²) < 4.78 is 293. The minimum absolute atomic E-state index is 2.79. The first-order valence-electron chi connectivity index (χ1n) is 11.3. The van der Waals surface area contributed by atoms with Crippen molar-refractivity contribution in [3.05, 3.63) is 98.4 Å². The second-order valence-corrected chi connectivity index (χ2v) is 9.17. The summed E-state index contributed by atoms with van der Waals surface area (Å²) in [6, 6.07) is 0. The summed E-state index contributed by atoms with van der Waals surface area (Å²) >= 11 is 0. The summed E-state index contributed by atoms with van der Waals surface area (Å²) in [7, 11) is 0. The number of hydrogen-bond donors (Lipinski definition) is 0. The molecule has 0 aromatic heterocycles. The molecular weight excluding hydrogens is 692 g/mol. The zero-order valence-electron chi connectivity index (χ0n) is 20.6. The highest BCUT2D eigenvalue weighted by atomic mass is 19.3. The summed E-state index contributed by atoms with van der Waals surface area (Å²) in [6.07, 6.45) is 0. The molecule has 0 heterocycles. The summed E-state index contributed by atoms with van der Waals surface area (Å²) in [4.78, 5) is 0. The van der Waals surface area contributed by atoms with Crippen molar-refractivity contribution >= 4 is 16.6 Å². The fraction of sp³-hybridized carbons (Fsp3) is 0.0769. The van der Waals surface area contributed by atoms with Gasteiger partial charge in [-0.25, -0.2) is 70.2 Å². The minimum atomic E-state index is -6.75. The molecule has 0 saturated heterocycles. The molecule has 244 valence electrons. The van der Waals surface area contributed by atoms with E-state index in [1.807, 2.05) is 0 Å². The van der Waals surface area contributed by atoms with Crippen molar-refractivity contribution in [2.75, 3.05) is 0 Å². The van der Waals surface area contributed by atoms with Crippen molar-refractivity contribution < 1.29 is 87.8 Å². The van der Waals surface area contributed by atoms with Crippen LogP contribution < -0.4 is 0 Å². The van der Waals surface area contributed by atoms with Gasteiger partial charge in [-0.3, -0.25) is 0 Å². The third-order valence-corrected chi connectivity index (χ3v) is 6.83. The Morgan fingerprint density at radius 1 is 0.261 bits per heavy atom. The first-order chi connectivity index (χ1) is 21.1. The Balaban J connectivity index is 2.34. The van der Waals surface area contributed by atoms with Crippen LogP contribution in [0.15, 0.2) is 5.83 Å². The Bertz CT molecular complexity index is 2050. The van der Waals surface area contributed by atoms with Crippen molar-refractivity contribution in [3.63, 3.8) is 0 Å². The van der Waals surface area contributed by atoms with Gasteiger partial charge in [-0.15, -0.1) is 0 Å². The molecule has 0 aliphatic heterocycles. The van der Waals surface area contributed by atoms with Crippen LogP contribution in [0.25, 0.3) is 38.9 Å². The lowest BCUT2D eigenvalue weighted by atomic mass is 9.76. The van der Waals surface area contributed by atoms with Gasteiger partial charge in [0.05, 0.1) is 11.1 Å². The summed E-state index contributed by atoms with van der Waals surface area (Å²) in [5.41, 5.74) is -18.5. The highest BCUT2D eigenvalue weighted by molar-refractivity contribution is 6.12. The highest BCUT2D eigenvalue weighted by Crippen LogP contribution is 2.62. The van der Waals surface area contributed by atoms with Gasteiger partial charge in [0, 0.05) is 33.0 Å². The van der Waals surface area contributed by atoms with Crippen LogP contribution in [0.1, 0.15) is 11.1 Å². The van der Waals surface area contributed by atoms with E-state index in [4.69, 9.17) is 0 Å². The predicted molar refractivity (Wildman–Crippen MR) is 112 cm³/mol. The molecule has 0 atom stereocenters. The molecule has 0 saturated carbocycles. The van der Waals surface area contributed by atoms with Gasteiger partial charge < -0.3 is 0 Å². The molecule has 4 aromatic carbocycles. The molecule has 20 heteroatoms. The number of rotatable bonds is 2. The Morgan fingerprint density at radius 3 is 0.913 bits per heavy atom. The maximum atomic E-state index is 15.5. The number of fused-ring (bicyclic) bond motifs is 2. The molecule has 0 unspecified atom stereocenters. The fourth-order valence-electron chi connectivity index (χ4n) is 4.83. The largest absolute Gasteiger partial charge is 0.368 e. The molecule has 0 amide bonds. The fourth-order valence-corrected chi connectivity index (χ4v) is 4.83. The minimum Gasteiger partial charge on any atom is -0.203 e. The molecular formula is C26F20. The number of allylic oxidation sites excluding steroid dienone is 1. The van der Waals surface area contributed by atoms with E-state index in [0.717, 1.165) is 0 Å². The summed E-state index contributed by atoms with van der Waals surface area (Å²) in [6.45, 7) is 0. The van der Waals surface area contributed by atoms with Gasteiger partial charge in [-0.05, 0) is 0 Å². The van der Waals surface area contributed by atoms with Crippen LogP contribution in [0, 0.1) is 81.4 Å². The number of benzene rings is 4. The second kappa shape index (κ2) is 9.99. The van der Waals surface area contributed by atoms with Gasteiger partial charge in [-0.1, -0.05) is 0 Å². The SMILES string of the molecule is FC1=C(F)C(F)(F)C(F)(F)c2c1c(-c1c(F)c(F)c(F)c(F)c1F)c1c(F)c(F)c(F)c(F)c1c2-c1c(F)c(F)c(F)c(F)c1F. The Labute approximate surface area is 237 Å². The number of halogens is 20. The van der Waals surface area contributed by atoms with Crippen LogP contribution in [0.3, 0.4) is 0 Å². The van der Waals surface area contributed by atoms with E-state index in [0.29, 0.717) is 0 Å². The first-order valence-corrected chi connectivity index (χ1v) is 11.3. The van der Waals surface area contributed by atoms with Crippen molar-refractivity contribution in [2.24, 2.45) is 0 Å². The Morgan fingerprint density at radius 2 is 0.543 bits per heavy atom. The average molecular weight is 692 g/mol. The Hall–Kier alpha value is -4.52. The lowest BCUT2D eigenvalue weighted by Crippen LogP contribution is -2.43. The van der Waals surface area contributed by atoms with Crippen LogP contribution in [0.2, 0.25) is 0 Å². The highest BCUT2D eigenvalue weighted by Gasteiger charge is 2.67. The smallest absolute Gasteiger partial charge is 0.203 e. The molecule has 46 heavy (non-hydrogen) atoms. The van der Waals surface area contributed by atoms with E-state index < -0.39 is 149 Å². The van der Waals surface area contributed by atoms with E-state index in [9.17, 15) is 65.9 Å². The third-order valence-electron chi connectivity index (χ3n) is 6.83. The van der Waals surface area contributed by atoms with Crippen LogP contribution in [0.4, 0.5) is 87.8 Å². The topological polar surface area (TPSA) is 0 Å². The molecule has 5 rings (SSSR count). The van der Waals surface area contributed by atoms with E-state index in [1.165, 1.54) is 0 Å². The Kier molecular flexibility index (Phi) is 7.14. The lowest BCUT2D eigenvalue weighted by Gasteiger charge is -2.35. The van der Waals surface area contributed by atoms with E-state index >= 15 is 22.0 Å². The summed E-state index contributed by atoms with van der Waals surface area (Å²) in [5, 5.41) is -5.69. The number of alkyl halides is 4. The third kappa shape index (κ3) is 3.77. The van der Waals surface area contributed by atoms with Crippen LogP contribution in [-0.4, -0.2) is 5.92 Å². The summed E-state index contributed by atoms with van der Waals surface area (Å²) in [5.74, 6) is -66.7. The maximum absolute atomic E-state index is 15.5. The van der Waals surface area contributed by atoms with Crippen molar-refractivity contribution in [1.82, 2.24) is 0 Å². The zero-order chi connectivity index (χ0) is 34.9. The van der Waals surface area contributed by atoms with Crippen molar-refractivity contribution in [1.29, 1.82) is 0 Å². The molecule has 0 fully saturated rings. The average Bonchev–Trinajstić information content (AvgIpc) is 3.00. The van der Waals surface area contributed by atoms with Gasteiger partial charge in [0.1, 0.15) is 0 Å². The second-order valence-electron chi connectivity index (χ2n) is 9.17. The van der Waals surface area contributed by atoms with E-state index in [2.05, 4.69) is 0 Å². The quantitative estimate of drug-likeness (QED) is 0.112. The molecule has 0 bridgehead atoms.